The molecule has 0 fully saturated rings. The molecule has 1 aromatic rings. The summed E-state index contributed by atoms with van der Waals surface area (Å²) in [6, 6.07) is 3.44. The third kappa shape index (κ3) is 6.26. The molecule has 2 N–H and O–H groups in total. The van der Waals surface area contributed by atoms with Crippen LogP contribution in [0.15, 0.2) is 24.3 Å². The van der Waals surface area contributed by atoms with Gasteiger partial charge in [0, 0.05) is 12.6 Å². The third-order valence-corrected chi connectivity index (χ3v) is 4.08. The van der Waals surface area contributed by atoms with E-state index in [9.17, 15) is 26.4 Å². The van der Waals surface area contributed by atoms with Crippen LogP contribution in [0.25, 0.3) is 0 Å². The zero-order chi connectivity index (χ0) is 18.5. The molecule has 0 aliphatic rings. The predicted molar refractivity (Wildman–Crippen MR) is 85.3 cm³/mol. The van der Waals surface area contributed by atoms with E-state index in [-0.39, 0.29) is 24.8 Å². The van der Waals surface area contributed by atoms with Gasteiger partial charge in [-0.05, 0) is 32.0 Å². The molecule has 6 nitrogen and oxygen atoms in total. The fourth-order valence-electron chi connectivity index (χ4n) is 1.91. The molecular formula is C14H20F3N3O3S. The van der Waals surface area contributed by atoms with Crippen LogP contribution in [-0.4, -0.2) is 39.8 Å². The average molecular weight is 367 g/mol. The minimum Gasteiger partial charge on any atom is -0.336 e. The lowest BCUT2D eigenvalue weighted by atomic mass is 10.2. The van der Waals surface area contributed by atoms with Crippen LogP contribution in [0.3, 0.4) is 0 Å². The fourth-order valence-corrected chi connectivity index (χ4v) is 2.83. The minimum atomic E-state index is -4.57. The van der Waals surface area contributed by atoms with Crippen molar-refractivity contribution in [2.75, 3.05) is 23.7 Å². The minimum absolute atomic E-state index is 0.0537. The van der Waals surface area contributed by atoms with Gasteiger partial charge in [0.15, 0.2) is 0 Å². The number of carbonyl (C=O) groups is 1. The molecular weight excluding hydrogens is 347 g/mol. The molecule has 1 aromatic carbocycles. The molecule has 0 heterocycles. The molecule has 0 spiro atoms. The van der Waals surface area contributed by atoms with Gasteiger partial charge in [0.2, 0.25) is 10.0 Å². The van der Waals surface area contributed by atoms with Gasteiger partial charge in [-0.1, -0.05) is 6.07 Å². The van der Waals surface area contributed by atoms with E-state index in [2.05, 4.69) is 10.6 Å². The maximum absolute atomic E-state index is 12.8. The van der Waals surface area contributed by atoms with Crippen molar-refractivity contribution in [3.05, 3.63) is 29.8 Å². The normalized spacial score (nSPS) is 12.1. The first kappa shape index (κ1) is 20.1. The molecule has 10 heteroatoms. The van der Waals surface area contributed by atoms with Crippen molar-refractivity contribution in [2.24, 2.45) is 0 Å². The highest BCUT2D eigenvalue weighted by molar-refractivity contribution is 7.92. The van der Waals surface area contributed by atoms with Crippen LogP contribution in [0.5, 0.6) is 0 Å². The predicted octanol–water partition coefficient (Wildman–Crippen LogP) is 2.18. The molecule has 0 saturated heterocycles. The molecule has 0 unspecified atom stereocenters. The van der Waals surface area contributed by atoms with Crippen molar-refractivity contribution in [2.45, 2.75) is 26.1 Å². The first-order chi connectivity index (χ1) is 10.9. The Morgan fingerprint density at radius 2 is 1.92 bits per heavy atom. The number of sulfonamides is 1. The van der Waals surface area contributed by atoms with E-state index in [1.165, 1.54) is 6.07 Å². The SMILES string of the molecule is CC(C)NC(=O)NCCN(c1cccc(C(F)(F)F)c1)S(C)(=O)=O. The number of urea groups is 1. The van der Waals surface area contributed by atoms with Crippen molar-refractivity contribution < 1.29 is 26.4 Å². The van der Waals surface area contributed by atoms with Crippen molar-refractivity contribution in [1.29, 1.82) is 0 Å². The zero-order valence-electron chi connectivity index (χ0n) is 13.5. The topological polar surface area (TPSA) is 78.5 Å². The Balaban J connectivity index is 2.90. The number of halogens is 3. The summed E-state index contributed by atoms with van der Waals surface area (Å²) in [7, 11) is -3.81. The second kappa shape index (κ2) is 7.73. The number of hydrogen-bond donors (Lipinski definition) is 2. The fraction of sp³-hybridized carbons (Fsp3) is 0.500. The van der Waals surface area contributed by atoms with Crippen LogP contribution in [0.1, 0.15) is 19.4 Å². The molecule has 2 amide bonds. The molecule has 136 valence electrons. The van der Waals surface area contributed by atoms with E-state index in [1.54, 1.807) is 13.8 Å². The summed E-state index contributed by atoms with van der Waals surface area (Å²) >= 11 is 0. The van der Waals surface area contributed by atoms with Crippen LogP contribution in [0.2, 0.25) is 0 Å². The lowest BCUT2D eigenvalue weighted by molar-refractivity contribution is -0.137. The molecule has 0 aromatic heterocycles. The van der Waals surface area contributed by atoms with Crippen molar-refractivity contribution in [3.63, 3.8) is 0 Å². The van der Waals surface area contributed by atoms with Crippen LogP contribution >= 0.6 is 0 Å². The van der Waals surface area contributed by atoms with Crippen molar-refractivity contribution >= 4 is 21.7 Å². The average Bonchev–Trinajstić information content (AvgIpc) is 2.40. The summed E-state index contributed by atoms with van der Waals surface area (Å²) in [4.78, 5) is 11.5. The summed E-state index contributed by atoms with van der Waals surface area (Å²) < 4.78 is 62.9. The van der Waals surface area contributed by atoms with Gasteiger partial charge in [0.25, 0.3) is 0 Å². The Hall–Kier alpha value is -1.97. The largest absolute Gasteiger partial charge is 0.416 e. The first-order valence-corrected chi connectivity index (χ1v) is 8.95. The Bertz CT molecular complexity index is 675. The maximum atomic E-state index is 12.8. The summed E-state index contributed by atoms with van der Waals surface area (Å²) in [6.45, 7) is 3.27. The number of benzene rings is 1. The van der Waals surface area contributed by atoms with Gasteiger partial charge in [0.1, 0.15) is 0 Å². The molecule has 0 atom stereocenters. The Labute approximate surface area is 139 Å². The Morgan fingerprint density at radius 1 is 1.29 bits per heavy atom. The van der Waals surface area contributed by atoms with Gasteiger partial charge >= 0.3 is 12.2 Å². The van der Waals surface area contributed by atoms with Crippen LogP contribution in [0, 0.1) is 0 Å². The zero-order valence-corrected chi connectivity index (χ0v) is 14.3. The molecule has 0 aliphatic carbocycles. The number of nitrogens with one attached hydrogen (secondary N) is 2. The van der Waals surface area contributed by atoms with E-state index in [0.717, 1.165) is 28.8 Å². The second-order valence-electron chi connectivity index (χ2n) is 5.44. The third-order valence-electron chi connectivity index (χ3n) is 2.88. The standard InChI is InChI=1S/C14H20F3N3O3S/c1-10(2)19-13(21)18-7-8-20(24(3,22)23)12-6-4-5-11(9-12)14(15,16)17/h4-6,9-10H,7-8H2,1-3H3,(H2,18,19,21). The lowest BCUT2D eigenvalue weighted by Gasteiger charge is -2.23. The summed E-state index contributed by atoms with van der Waals surface area (Å²) in [5, 5.41) is 5.01. The quantitative estimate of drug-likeness (QED) is 0.809. The molecule has 0 aliphatic heterocycles. The van der Waals surface area contributed by atoms with Crippen LogP contribution in [0.4, 0.5) is 23.7 Å². The lowest BCUT2D eigenvalue weighted by Crippen LogP contribution is -2.44. The van der Waals surface area contributed by atoms with E-state index in [1.807, 2.05) is 0 Å². The number of amides is 2. The van der Waals surface area contributed by atoms with E-state index >= 15 is 0 Å². The van der Waals surface area contributed by atoms with Gasteiger partial charge in [-0.2, -0.15) is 13.2 Å². The highest BCUT2D eigenvalue weighted by Crippen LogP contribution is 2.32. The monoisotopic (exact) mass is 367 g/mol. The maximum Gasteiger partial charge on any atom is 0.416 e. The first-order valence-electron chi connectivity index (χ1n) is 7.10. The Kier molecular flexibility index (Phi) is 6.47. The number of anilines is 1. The van der Waals surface area contributed by atoms with Gasteiger partial charge in [0.05, 0.1) is 24.1 Å². The number of nitrogens with zero attached hydrogens (tertiary/aromatic N) is 1. The number of carbonyl (C=O) groups excluding carboxylic acids is 1. The molecule has 0 bridgehead atoms. The van der Waals surface area contributed by atoms with E-state index in [0.29, 0.717) is 0 Å². The highest BCUT2D eigenvalue weighted by atomic mass is 32.2. The van der Waals surface area contributed by atoms with Gasteiger partial charge in [-0.3, -0.25) is 4.31 Å². The van der Waals surface area contributed by atoms with Crippen LogP contribution in [-0.2, 0) is 16.2 Å². The summed E-state index contributed by atoms with van der Waals surface area (Å²) in [6.07, 6.45) is -3.68. The van der Waals surface area contributed by atoms with Crippen LogP contribution < -0.4 is 14.9 Å². The smallest absolute Gasteiger partial charge is 0.336 e. The number of alkyl halides is 3. The molecule has 0 radical (unpaired) electrons. The van der Waals surface area contributed by atoms with Crippen molar-refractivity contribution in [3.8, 4) is 0 Å². The number of hydrogen-bond acceptors (Lipinski definition) is 3. The Morgan fingerprint density at radius 3 is 2.42 bits per heavy atom. The summed E-state index contributed by atoms with van der Waals surface area (Å²) in [5.74, 6) is 0. The van der Waals surface area contributed by atoms with E-state index < -0.39 is 27.8 Å². The van der Waals surface area contributed by atoms with Gasteiger partial charge in [-0.25, -0.2) is 13.2 Å². The van der Waals surface area contributed by atoms with Crippen molar-refractivity contribution in [1.82, 2.24) is 10.6 Å². The molecule has 24 heavy (non-hydrogen) atoms. The highest BCUT2D eigenvalue weighted by Gasteiger charge is 2.31. The number of rotatable bonds is 6. The van der Waals surface area contributed by atoms with E-state index in [4.69, 9.17) is 0 Å². The van der Waals surface area contributed by atoms with Gasteiger partial charge in [-0.15, -0.1) is 0 Å². The summed E-state index contributed by atoms with van der Waals surface area (Å²) in [5.41, 5.74) is -1.06. The second-order valence-corrected chi connectivity index (χ2v) is 7.34. The van der Waals surface area contributed by atoms with Gasteiger partial charge < -0.3 is 10.6 Å². The molecule has 0 saturated carbocycles. The molecule has 1 rings (SSSR count).